The second-order valence-electron chi connectivity index (χ2n) is 4.81. The molecule has 0 fully saturated rings. The van der Waals surface area contributed by atoms with Gasteiger partial charge in [-0.3, -0.25) is 0 Å². The van der Waals surface area contributed by atoms with Gasteiger partial charge in [-0.05, 0) is 30.3 Å². The lowest BCUT2D eigenvalue weighted by atomic mass is 10.1. The molecule has 3 N–H and O–H groups in total. The van der Waals surface area contributed by atoms with Crippen LogP contribution in [0.3, 0.4) is 0 Å². The fourth-order valence-electron chi connectivity index (χ4n) is 2.20. The minimum absolute atomic E-state index is 0.0129. The van der Waals surface area contributed by atoms with Crippen molar-refractivity contribution in [1.82, 2.24) is 9.97 Å². The summed E-state index contributed by atoms with van der Waals surface area (Å²) in [7, 11) is 0. The van der Waals surface area contributed by atoms with Gasteiger partial charge in [-0.1, -0.05) is 12.1 Å². The van der Waals surface area contributed by atoms with E-state index in [0.29, 0.717) is 11.0 Å². The van der Waals surface area contributed by atoms with Crippen LogP contribution in [0.2, 0.25) is 0 Å². The topological polar surface area (TPSA) is 71.8 Å². The molecule has 0 aliphatic heterocycles. The molecule has 118 valence electrons. The van der Waals surface area contributed by atoms with Crippen LogP contribution in [0.5, 0.6) is 0 Å². The molecule has 4 nitrogen and oxygen atoms in total. The van der Waals surface area contributed by atoms with Crippen molar-refractivity contribution in [3.8, 4) is 0 Å². The molecule has 0 radical (unpaired) electrons. The molecule has 8 heteroatoms. The molecule has 0 amide bonds. The standard InChI is InChI=1S/C15H10F3N3OS/c16-15(17,18)8-5-6-10(19)9(7-8)13(23-22)14-20-11-3-1-2-4-12(11)21-14/h1-7H,19H2,(H,20,21). The van der Waals surface area contributed by atoms with Crippen molar-refractivity contribution in [1.29, 1.82) is 0 Å². The number of aromatic nitrogens is 2. The zero-order valence-corrected chi connectivity index (χ0v) is 12.3. The number of hydrogen-bond donors (Lipinski definition) is 2. The first-order valence-corrected chi connectivity index (χ1v) is 7.23. The fraction of sp³-hybridized carbons (Fsp3) is 0.0667. The number of hydrogen-bond acceptors (Lipinski definition) is 3. The Hall–Kier alpha value is -2.61. The highest BCUT2D eigenvalue weighted by Gasteiger charge is 2.31. The average Bonchev–Trinajstić information content (AvgIpc) is 2.92. The van der Waals surface area contributed by atoms with Crippen LogP contribution >= 0.6 is 0 Å². The zero-order chi connectivity index (χ0) is 16.6. The number of nitrogens with zero attached hydrogens (tertiary/aromatic N) is 1. The van der Waals surface area contributed by atoms with Crippen LogP contribution in [0.1, 0.15) is 17.0 Å². The lowest BCUT2D eigenvalue weighted by Gasteiger charge is -2.10. The van der Waals surface area contributed by atoms with Gasteiger partial charge < -0.3 is 10.7 Å². The van der Waals surface area contributed by atoms with Gasteiger partial charge in [0.2, 0.25) is 0 Å². The second-order valence-corrected chi connectivity index (χ2v) is 5.39. The van der Waals surface area contributed by atoms with Gasteiger partial charge >= 0.3 is 6.18 Å². The molecule has 0 spiro atoms. The van der Waals surface area contributed by atoms with Crippen molar-refractivity contribution in [2.24, 2.45) is 0 Å². The predicted octanol–water partition coefficient (Wildman–Crippen LogP) is 2.95. The van der Waals surface area contributed by atoms with E-state index < -0.39 is 11.7 Å². The van der Waals surface area contributed by atoms with Gasteiger partial charge in [0.1, 0.15) is 16.1 Å². The van der Waals surface area contributed by atoms with Gasteiger partial charge in [-0.15, -0.1) is 0 Å². The second kappa shape index (κ2) is 5.54. The van der Waals surface area contributed by atoms with Gasteiger partial charge in [0.25, 0.3) is 0 Å². The number of imidazole rings is 1. The monoisotopic (exact) mass is 337 g/mol. The number of benzene rings is 2. The maximum atomic E-state index is 12.9. The number of H-pyrrole nitrogens is 1. The number of rotatable bonds is 2. The van der Waals surface area contributed by atoms with Crippen LogP contribution in [0.15, 0.2) is 42.5 Å². The molecule has 0 bridgehead atoms. The lowest BCUT2D eigenvalue weighted by Crippen LogP contribution is -2.12. The smallest absolute Gasteiger partial charge is 0.398 e. The van der Waals surface area contributed by atoms with E-state index in [4.69, 9.17) is 5.73 Å². The van der Waals surface area contributed by atoms with E-state index >= 15 is 0 Å². The first-order valence-electron chi connectivity index (χ1n) is 6.49. The predicted molar refractivity (Wildman–Crippen MR) is 83.3 cm³/mol. The SMILES string of the molecule is Nc1ccc(C(F)(F)F)cc1C(=S=O)c1nc2ccccc2[nH]1. The van der Waals surface area contributed by atoms with E-state index in [1.165, 1.54) is 0 Å². The summed E-state index contributed by atoms with van der Waals surface area (Å²) in [5.74, 6) is 0.192. The van der Waals surface area contributed by atoms with Crippen molar-refractivity contribution in [2.75, 3.05) is 5.73 Å². The van der Waals surface area contributed by atoms with Crippen LogP contribution in [-0.4, -0.2) is 19.0 Å². The van der Waals surface area contributed by atoms with Crippen molar-refractivity contribution in [3.63, 3.8) is 0 Å². The van der Waals surface area contributed by atoms with Gasteiger partial charge in [0.05, 0.1) is 16.6 Å². The molecule has 0 atom stereocenters. The minimum atomic E-state index is -4.52. The van der Waals surface area contributed by atoms with E-state index in [1.54, 1.807) is 24.3 Å². The Morgan fingerprint density at radius 1 is 1.17 bits per heavy atom. The number of nitrogens with one attached hydrogen (secondary N) is 1. The van der Waals surface area contributed by atoms with Gasteiger partial charge in [0.15, 0.2) is 5.82 Å². The molecule has 2 aromatic carbocycles. The van der Waals surface area contributed by atoms with E-state index in [-0.39, 0.29) is 33.2 Å². The Morgan fingerprint density at radius 2 is 1.91 bits per heavy atom. The third kappa shape index (κ3) is 2.85. The molecule has 23 heavy (non-hydrogen) atoms. The van der Waals surface area contributed by atoms with Gasteiger partial charge in [0, 0.05) is 11.3 Å². The molecule has 1 aromatic heterocycles. The Morgan fingerprint density at radius 3 is 2.57 bits per heavy atom. The van der Waals surface area contributed by atoms with Crippen molar-refractivity contribution in [3.05, 3.63) is 59.4 Å². The number of fused-ring (bicyclic) bond motifs is 1. The minimum Gasteiger partial charge on any atom is -0.398 e. The number of anilines is 1. The van der Waals surface area contributed by atoms with E-state index in [2.05, 4.69) is 9.97 Å². The quantitative estimate of drug-likeness (QED) is 0.429. The Kier molecular flexibility index (Phi) is 3.69. The van der Waals surface area contributed by atoms with E-state index in [1.807, 2.05) is 0 Å². The number of nitrogen functional groups attached to an aromatic ring is 1. The highest BCUT2D eigenvalue weighted by Crippen LogP contribution is 2.31. The summed E-state index contributed by atoms with van der Waals surface area (Å²) in [6.07, 6.45) is -4.52. The van der Waals surface area contributed by atoms with E-state index in [9.17, 15) is 17.4 Å². The fourth-order valence-corrected chi connectivity index (χ4v) is 2.64. The van der Waals surface area contributed by atoms with E-state index in [0.717, 1.165) is 18.2 Å². The molecular formula is C15H10F3N3OS. The lowest BCUT2D eigenvalue weighted by molar-refractivity contribution is -0.137. The first-order chi connectivity index (χ1) is 10.9. The largest absolute Gasteiger partial charge is 0.416 e. The summed E-state index contributed by atoms with van der Waals surface area (Å²) in [6.45, 7) is 0. The molecule has 0 unspecified atom stereocenters. The zero-order valence-electron chi connectivity index (χ0n) is 11.5. The third-order valence-corrected chi connectivity index (χ3v) is 3.89. The molecular weight excluding hydrogens is 327 g/mol. The molecule has 0 aliphatic carbocycles. The van der Waals surface area contributed by atoms with Crippen molar-refractivity contribution < 1.29 is 17.4 Å². The molecule has 3 rings (SSSR count). The first kappa shape index (κ1) is 15.3. The average molecular weight is 337 g/mol. The number of nitrogens with two attached hydrogens (primary N) is 1. The number of aromatic amines is 1. The maximum Gasteiger partial charge on any atom is 0.416 e. The summed E-state index contributed by atoms with van der Waals surface area (Å²) in [6, 6.07) is 9.93. The number of para-hydroxylation sites is 2. The highest BCUT2D eigenvalue weighted by atomic mass is 32.1. The van der Waals surface area contributed by atoms with Gasteiger partial charge in [-0.25, -0.2) is 9.19 Å². The molecule has 0 saturated heterocycles. The molecule has 0 saturated carbocycles. The Balaban J connectivity index is 2.17. The summed E-state index contributed by atoms with van der Waals surface area (Å²) in [5.41, 5.74) is 6.27. The highest BCUT2D eigenvalue weighted by molar-refractivity contribution is 7.67. The van der Waals surface area contributed by atoms with Crippen molar-refractivity contribution >= 4 is 32.8 Å². The number of alkyl halides is 3. The number of halogens is 3. The Bertz CT molecular complexity index is 910. The summed E-state index contributed by atoms with van der Waals surface area (Å²) in [4.78, 5) is 7.19. The van der Waals surface area contributed by atoms with Crippen molar-refractivity contribution in [2.45, 2.75) is 6.18 Å². The normalized spacial score (nSPS) is 11.6. The molecule has 1 heterocycles. The summed E-state index contributed by atoms with van der Waals surface area (Å²) in [5, 5.41) is 0. The van der Waals surface area contributed by atoms with Crippen LogP contribution < -0.4 is 5.73 Å². The van der Waals surface area contributed by atoms with Crippen LogP contribution in [0.4, 0.5) is 18.9 Å². The summed E-state index contributed by atoms with van der Waals surface area (Å²) >= 11 is 0.0504. The summed E-state index contributed by atoms with van der Waals surface area (Å²) < 4.78 is 50.1. The Labute approximate surface area is 132 Å². The van der Waals surface area contributed by atoms with Crippen LogP contribution in [0, 0.1) is 0 Å². The van der Waals surface area contributed by atoms with Crippen LogP contribution in [0.25, 0.3) is 11.0 Å². The van der Waals surface area contributed by atoms with Gasteiger partial charge in [-0.2, -0.15) is 13.2 Å². The molecule has 0 aliphatic rings. The van der Waals surface area contributed by atoms with Crippen LogP contribution in [-0.2, 0) is 17.4 Å². The third-order valence-electron chi connectivity index (χ3n) is 3.31. The molecule has 3 aromatic rings. The maximum absolute atomic E-state index is 12.9.